The van der Waals surface area contributed by atoms with Crippen LogP contribution in [-0.4, -0.2) is 34.0 Å². The first-order valence-corrected chi connectivity index (χ1v) is 3.65. The van der Waals surface area contributed by atoms with Crippen LogP contribution in [0.3, 0.4) is 0 Å². The van der Waals surface area contributed by atoms with E-state index in [1.165, 1.54) is 0 Å². The van der Waals surface area contributed by atoms with Gasteiger partial charge in [0.1, 0.15) is 11.8 Å². The van der Waals surface area contributed by atoms with E-state index >= 15 is 0 Å². The van der Waals surface area contributed by atoms with Crippen molar-refractivity contribution in [1.82, 2.24) is 0 Å². The van der Waals surface area contributed by atoms with Gasteiger partial charge < -0.3 is 15.9 Å². The highest BCUT2D eigenvalue weighted by Gasteiger charge is 2.16. The number of carbonyl (C=O) groups excluding carboxylic acids is 1. The minimum atomic E-state index is -1.26. The fraction of sp³-hybridized carbons (Fsp3) is 0.571. The van der Waals surface area contributed by atoms with Crippen LogP contribution in [0.1, 0.15) is 19.3 Å². The second-order valence-electron chi connectivity index (χ2n) is 2.58. The molecule has 6 heteroatoms. The van der Waals surface area contributed by atoms with E-state index in [0.717, 1.165) is 0 Å². The molecule has 0 aromatic heterocycles. The number of carbonyl (C=O) groups is 3. The lowest BCUT2D eigenvalue weighted by molar-refractivity contribution is -0.140. The average molecular weight is 189 g/mol. The van der Waals surface area contributed by atoms with Gasteiger partial charge in [-0.15, -0.1) is 0 Å². The van der Waals surface area contributed by atoms with E-state index < -0.39 is 23.8 Å². The summed E-state index contributed by atoms with van der Waals surface area (Å²) in [6.07, 6.45) is -0.774. The smallest absolute Gasteiger partial charge is 0.320 e. The summed E-state index contributed by atoms with van der Waals surface area (Å²) in [5, 5.41) is 16.5. The number of rotatable bonds is 6. The molecule has 4 N–H and O–H groups in total. The van der Waals surface area contributed by atoms with E-state index in [9.17, 15) is 14.4 Å². The highest BCUT2D eigenvalue weighted by Crippen LogP contribution is 1.98. The van der Waals surface area contributed by atoms with Crippen LogP contribution >= 0.6 is 0 Å². The molecule has 13 heavy (non-hydrogen) atoms. The van der Waals surface area contributed by atoms with E-state index in [1.54, 1.807) is 0 Å². The first-order chi connectivity index (χ1) is 5.93. The van der Waals surface area contributed by atoms with Crippen LogP contribution in [0.25, 0.3) is 0 Å². The van der Waals surface area contributed by atoms with Crippen molar-refractivity contribution < 1.29 is 24.6 Å². The van der Waals surface area contributed by atoms with E-state index in [1.807, 2.05) is 0 Å². The molecule has 0 saturated heterocycles. The molecule has 0 spiro atoms. The van der Waals surface area contributed by atoms with Gasteiger partial charge in [0.2, 0.25) is 0 Å². The van der Waals surface area contributed by atoms with E-state index in [0.29, 0.717) is 0 Å². The Morgan fingerprint density at radius 3 is 2.08 bits per heavy atom. The Kier molecular flexibility index (Phi) is 4.68. The number of aliphatic carboxylic acids is 2. The number of carboxylic acids is 2. The largest absolute Gasteiger partial charge is 0.481 e. The number of Topliss-reactive ketones (excluding diaryl/α,β-unsaturated/α-hetero) is 1. The topological polar surface area (TPSA) is 118 Å². The highest BCUT2D eigenvalue weighted by molar-refractivity contribution is 5.87. The summed E-state index contributed by atoms with van der Waals surface area (Å²) in [7, 11) is 0. The molecule has 0 rings (SSSR count). The first-order valence-electron chi connectivity index (χ1n) is 3.65. The molecule has 74 valence electrons. The van der Waals surface area contributed by atoms with Crippen LogP contribution in [0.4, 0.5) is 0 Å². The third-order valence-corrected chi connectivity index (χ3v) is 1.38. The summed E-state index contributed by atoms with van der Waals surface area (Å²) in [6.45, 7) is 0. The molecule has 0 aliphatic heterocycles. The molecule has 0 saturated carbocycles. The van der Waals surface area contributed by atoms with Crippen molar-refractivity contribution in [3.05, 3.63) is 0 Å². The number of hydrogen-bond acceptors (Lipinski definition) is 4. The Morgan fingerprint density at radius 1 is 1.15 bits per heavy atom. The van der Waals surface area contributed by atoms with Gasteiger partial charge in [-0.3, -0.25) is 14.4 Å². The zero-order valence-corrected chi connectivity index (χ0v) is 6.90. The molecule has 0 aromatic rings. The lowest BCUT2D eigenvalue weighted by Crippen LogP contribution is -2.32. The second-order valence-corrected chi connectivity index (χ2v) is 2.58. The molecule has 1 atom stereocenters. The standard InChI is InChI=1S/C7H11NO5/c8-5(7(12)13)3-4(9)1-2-6(10)11/h5H,1-3,8H2,(H,10,11)(H,12,13). The summed E-state index contributed by atoms with van der Waals surface area (Å²) in [6, 6.07) is -1.23. The third kappa shape index (κ3) is 5.80. The van der Waals surface area contributed by atoms with Crippen molar-refractivity contribution in [1.29, 1.82) is 0 Å². The fourth-order valence-corrected chi connectivity index (χ4v) is 0.681. The summed E-state index contributed by atoms with van der Waals surface area (Å²) in [5.41, 5.74) is 5.06. The van der Waals surface area contributed by atoms with Gasteiger partial charge in [-0.05, 0) is 0 Å². The quantitative estimate of drug-likeness (QED) is 0.504. The van der Waals surface area contributed by atoms with Gasteiger partial charge in [0.05, 0.1) is 6.42 Å². The van der Waals surface area contributed by atoms with Crippen molar-refractivity contribution >= 4 is 17.7 Å². The van der Waals surface area contributed by atoms with Gasteiger partial charge in [-0.2, -0.15) is 0 Å². The van der Waals surface area contributed by atoms with Gasteiger partial charge in [0, 0.05) is 12.8 Å². The van der Waals surface area contributed by atoms with Crippen LogP contribution in [0.2, 0.25) is 0 Å². The summed E-state index contributed by atoms with van der Waals surface area (Å²) < 4.78 is 0. The van der Waals surface area contributed by atoms with Gasteiger partial charge in [-0.1, -0.05) is 0 Å². The van der Waals surface area contributed by atoms with E-state index in [2.05, 4.69) is 0 Å². The number of nitrogens with two attached hydrogens (primary N) is 1. The zero-order chi connectivity index (χ0) is 10.4. The Bertz CT molecular complexity index is 225. The van der Waals surface area contributed by atoms with Crippen molar-refractivity contribution in [2.45, 2.75) is 25.3 Å². The molecule has 0 aliphatic rings. The minimum absolute atomic E-state index is 0.170. The number of ketones is 1. The fourth-order valence-electron chi connectivity index (χ4n) is 0.681. The van der Waals surface area contributed by atoms with Crippen LogP contribution in [0.5, 0.6) is 0 Å². The Morgan fingerprint density at radius 2 is 1.69 bits per heavy atom. The molecule has 0 aromatic carbocycles. The van der Waals surface area contributed by atoms with Crippen molar-refractivity contribution in [2.24, 2.45) is 5.73 Å². The molecular formula is C7H11NO5. The summed E-state index contributed by atoms with van der Waals surface area (Å²) in [4.78, 5) is 31.1. The maximum atomic E-state index is 10.9. The molecular weight excluding hydrogens is 178 g/mol. The van der Waals surface area contributed by atoms with Crippen LogP contribution in [-0.2, 0) is 14.4 Å². The molecule has 0 fully saturated rings. The third-order valence-electron chi connectivity index (χ3n) is 1.38. The Labute approximate surface area is 74.3 Å². The number of hydrogen-bond donors (Lipinski definition) is 3. The molecule has 0 amide bonds. The maximum Gasteiger partial charge on any atom is 0.320 e. The first kappa shape index (κ1) is 11.6. The Balaban J connectivity index is 3.74. The lowest BCUT2D eigenvalue weighted by Gasteiger charge is -2.03. The van der Waals surface area contributed by atoms with Crippen molar-refractivity contribution in [3.8, 4) is 0 Å². The average Bonchev–Trinajstić information content (AvgIpc) is 2.00. The van der Waals surface area contributed by atoms with Gasteiger partial charge in [0.15, 0.2) is 0 Å². The van der Waals surface area contributed by atoms with Crippen molar-refractivity contribution in [3.63, 3.8) is 0 Å². The zero-order valence-electron chi connectivity index (χ0n) is 6.90. The van der Waals surface area contributed by atoms with Gasteiger partial charge >= 0.3 is 11.9 Å². The Hall–Kier alpha value is -1.43. The minimum Gasteiger partial charge on any atom is -0.481 e. The van der Waals surface area contributed by atoms with Crippen molar-refractivity contribution in [2.75, 3.05) is 0 Å². The monoisotopic (exact) mass is 189 g/mol. The molecule has 1 unspecified atom stereocenters. The predicted octanol–water partition coefficient (Wildman–Crippen LogP) is -0.778. The summed E-state index contributed by atoms with van der Waals surface area (Å²) in [5.74, 6) is -2.79. The molecule has 0 aliphatic carbocycles. The second kappa shape index (κ2) is 5.26. The summed E-state index contributed by atoms with van der Waals surface area (Å²) >= 11 is 0. The predicted molar refractivity (Wildman–Crippen MR) is 42.1 cm³/mol. The number of carboxylic acid groups (broad SMARTS) is 2. The molecule has 6 nitrogen and oxygen atoms in total. The molecule has 0 bridgehead atoms. The normalized spacial score (nSPS) is 12.1. The van der Waals surface area contributed by atoms with E-state index in [-0.39, 0.29) is 19.3 Å². The van der Waals surface area contributed by atoms with Gasteiger partial charge in [0.25, 0.3) is 0 Å². The van der Waals surface area contributed by atoms with Crippen LogP contribution < -0.4 is 5.73 Å². The molecule has 0 radical (unpaired) electrons. The molecule has 0 heterocycles. The maximum absolute atomic E-state index is 10.9. The van der Waals surface area contributed by atoms with Crippen LogP contribution in [0, 0.1) is 0 Å². The SMILES string of the molecule is NC(CC(=O)CCC(=O)O)C(=O)O. The van der Waals surface area contributed by atoms with Crippen LogP contribution in [0.15, 0.2) is 0 Å². The highest BCUT2D eigenvalue weighted by atomic mass is 16.4. The van der Waals surface area contributed by atoms with Gasteiger partial charge in [-0.25, -0.2) is 0 Å². The van der Waals surface area contributed by atoms with E-state index in [4.69, 9.17) is 15.9 Å². The lowest BCUT2D eigenvalue weighted by atomic mass is 10.1.